The molecule has 0 saturated heterocycles. The van der Waals surface area contributed by atoms with Crippen LogP contribution < -0.4 is 16.6 Å². The fourth-order valence-electron chi connectivity index (χ4n) is 2.87. The van der Waals surface area contributed by atoms with E-state index in [0.717, 1.165) is 0 Å². The van der Waals surface area contributed by atoms with Gasteiger partial charge in [-0.15, -0.1) is 12.3 Å². The number of rotatable bonds is 8. The second-order valence-corrected chi connectivity index (χ2v) is 6.40. The van der Waals surface area contributed by atoms with Gasteiger partial charge in [0.05, 0.1) is 10.9 Å². The number of H-pyrrole nitrogens is 1. The fraction of sp³-hybridized carbons (Fsp3) is 0.444. The van der Waals surface area contributed by atoms with Crippen LogP contribution in [0.4, 0.5) is 0 Å². The van der Waals surface area contributed by atoms with Crippen molar-refractivity contribution in [3.8, 4) is 12.3 Å². The van der Waals surface area contributed by atoms with Gasteiger partial charge in [0.1, 0.15) is 5.65 Å². The zero-order chi connectivity index (χ0) is 19.4. The standard InChI is InChI=1S/C18H20N6O3/c1-3-5-6-18(22-23-18)7-8-19-15(25)12-10-13-14(20-11-12)24(9-4-2)17(27)21-16(13)26/h1,10-11H,4-9H2,2H3,(H,19,25)(H,21,26,27). The highest BCUT2D eigenvalue weighted by Gasteiger charge is 2.38. The summed E-state index contributed by atoms with van der Waals surface area (Å²) >= 11 is 0. The molecule has 3 heterocycles. The minimum atomic E-state index is -0.562. The van der Waals surface area contributed by atoms with Gasteiger partial charge < -0.3 is 5.32 Å². The Hall–Kier alpha value is -3.28. The number of carbonyl (C=O) groups excluding carboxylic acids is 1. The average molecular weight is 368 g/mol. The lowest BCUT2D eigenvalue weighted by Gasteiger charge is -2.11. The maximum absolute atomic E-state index is 12.4. The summed E-state index contributed by atoms with van der Waals surface area (Å²) in [5, 5.41) is 11.0. The molecule has 2 aromatic rings. The third-order valence-electron chi connectivity index (χ3n) is 4.41. The number of aryl methyl sites for hydroxylation is 1. The van der Waals surface area contributed by atoms with Crippen molar-refractivity contribution in [2.45, 2.75) is 44.8 Å². The molecule has 9 heteroatoms. The molecule has 0 atom stereocenters. The van der Waals surface area contributed by atoms with Crippen LogP contribution in [0.3, 0.4) is 0 Å². The number of nitrogens with one attached hydrogen (secondary N) is 2. The second kappa shape index (κ2) is 7.53. The maximum Gasteiger partial charge on any atom is 0.329 e. The van der Waals surface area contributed by atoms with Gasteiger partial charge in [-0.05, 0) is 12.5 Å². The molecule has 2 aromatic heterocycles. The Morgan fingerprint density at radius 1 is 1.37 bits per heavy atom. The fourth-order valence-corrected chi connectivity index (χ4v) is 2.87. The van der Waals surface area contributed by atoms with E-state index in [1.165, 1.54) is 16.8 Å². The number of fused-ring (bicyclic) bond motifs is 1. The third kappa shape index (κ3) is 3.95. The molecule has 9 nitrogen and oxygen atoms in total. The van der Waals surface area contributed by atoms with E-state index in [2.05, 4.69) is 31.4 Å². The first-order valence-electron chi connectivity index (χ1n) is 8.78. The number of hydrogen-bond acceptors (Lipinski definition) is 6. The van der Waals surface area contributed by atoms with Gasteiger partial charge in [-0.2, -0.15) is 10.2 Å². The molecular weight excluding hydrogens is 348 g/mol. The van der Waals surface area contributed by atoms with Crippen molar-refractivity contribution in [1.29, 1.82) is 0 Å². The Balaban J connectivity index is 1.73. The Bertz CT molecular complexity index is 1050. The summed E-state index contributed by atoms with van der Waals surface area (Å²) in [6.45, 7) is 2.72. The number of terminal acetylenes is 1. The number of nitrogens with zero attached hydrogens (tertiary/aromatic N) is 4. The Labute approximate surface area is 154 Å². The van der Waals surface area contributed by atoms with E-state index in [0.29, 0.717) is 38.8 Å². The zero-order valence-electron chi connectivity index (χ0n) is 15.0. The summed E-state index contributed by atoms with van der Waals surface area (Å²) in [7, 11) is 0. The first-order valence-corrected chi connectivity index (χ1v) is 8.78. The molecule has 1 amide bonds. The van der Waals surface area contributed by atoms with Crippen molar-refractivity contribution >= 4 is 16.9 Å². The van der Waals surface area contributed by atoms with Gasteiger partial charge in [0.25, 0.3) is 11.5 Å². The van der Waals surface area contributed by atoms with Crippen molar-refractivity contribution in [1.82, 2.24) is 19.9 Å². The van der Waals surface area contributed by atoms with Crippen LogP contribution in [0, 0.1) is 12.3 Å². The molecule has 0 saturated carbocycles. The monoisotopic (exact) mass is 368 g/mol. The average Bonchev–Trinajstić information content (AvgIpc) is 3.43. The molecule has 3 rings (SSSR count). The number of aromatic nitrogens is 3. The van der Waals surface area contributed by atoms with Crippen LogP contribution in [0.15, 0.2) is 32.1 Å². The maximum atomic E-state index is 12.4. The van der Waals surface area contributed by atoms with Crippen molar-refractivity contribution in [2.24, 2.45) is 10.2 Å². The number of aromatic amines is 1. The molecule has 1 aliphatic heterocycles. The van der Waals surface area contributed by atoms with Crippen LogP contribution in [0.25, 0.3) is 11.0 Å². The Morgan fingerprint density at radius 3 is 2.81 bits per heavy atom. The first kappa shape index (κ1) is 18.5. The summed E-state index contributed by atoms with van der Waals surface area (Å²) in [5.74, 6) is 2.20. The van der Waals surface area contributed by atoms with E-state index in [-0.39, 0.29) is 22.5 Å². The molecule has 0 unspecified atom stereocenters. The number of pyridine rings is 1. The molecule has 0 aliphatic carbocycles. The molecular formula is C18H20N6O3. The molecule has 140 valence electrons. The summed E-state index contributed by atoms with van der Waals surface area (Å²) in [5.41, 5.74) is -1.01. The lowest BCUT2D eigenvalue weighted by molar-refractivity contribution is 0.0951. The lowest BCUT2D eigenvalue weighted by atomic mass is 10.0. The highest BCUT2D eigenvalue weighted by atomic mass is 16.2. The normalized spacial score (nSPS) is 14.1. The minimum Gasteiger partial charge on any atom is -0.352 e. The van der Waals surface area contributed by atoms with E-state index in [4.69, 9.17) is 6.42 Å². The van der Waals surface area contributed by atoms with Gasteiger partial charge in [0, 0.05) is 38.5 Å². The van der Waals surface area contributed by atoms with Gasteiger partial charge >= 0.3 is 5.69 Å². The van der Waals surface area contributed by atoms with Crippen LogP contribution >= 0.6 is 0 Å². The molecule has 2 N–H and O–H groups in total. The van der Waals surface area contributed by atoms with Crippen LogP contribution in [0.2, 0.25) is 0 Å². The summed E-state index contributed by atoms with van der Waals surface area (Å²) in [6, 6.07) is 1.45. The highest BCUT2D eigenvalue weighted by molar-refractivity contribution is 5.96. The molecule has 0 radical (unpaired) electrons. The Kier molecular flexibility index (Phi) is 5.16. The van der Waals surface area contributed by atoms with Crippen molar-refractivity contribution < 1.29 is 4.79 Å². The number of carbonyl (C=O) groups is 1. The zero-order valence-corrected chi connectivity index (χ0v) is 15.0. The predicted molar refractivity (Wildman–Crippen MR) is 99.5 cm³/mol. The summed E-state index contributed by atoms with van der Waals surface area (Å²) in [6.07, 6.45) is 9.14. The van der Waals surface area contributed by atoms with Crippen LogP contribution in [-0.2, 0) is 6.54 Å². The van der Waals surface area contributed by atoms with Crippen molar-refractivity contribution in [2.75, 3.05) is 6.54 Å². The van der Waals surface area contributed by atoms with E-state index in [1.807, 2.05) is 6.92 Å². The molecule has 0 bridgehead atoms. The molecule has 0 fully saturated rings. The SMILES string of the molecule is C#CCCC1(CCNC(=O)c2cnc3c(c2)c(=O)[nH]c(=O)n3CCC)N=N1. The largest absolute Gasteiger partial charge is 0.352 e. The summed E-state index contributed by atoms with van der Waals surface area (Å²) in [4.78, 5) is 42.9. The van der Waals surface area contributed by atoms with E-state index in [9.17, 15) is 14.4 Å². The van der Waals surface area contributed by atoms with E-state index < -0.39 is 16.9 Å². The molecule has 1 aliphatic rings. The first-order chi connectivity index (χ1) is 13.0. The Morgan fingerprint density at radius 2 is 2.15 bits per heavy atom. The minimum absolute atomic E-state index is 0.202. The van der Waals surface area contributed by atoms with Gasteiger partial charge in [-0.3, -0.25) is 19.1 Å². The second-order valence-electron chi connectivity index (χ2n) is 6.40. The van der Waals surface area contributed by atoms with Gasteiger partial charge in [-0.1, -0.05) is 6.92 Å². The van der Waals surface area contributed by atoms with E-state index in [1.54, 1.807) is 0 Å². The third-order valence-corrected chi connectivity index (χ3v) is 4.41. The number of amides is 1. The van der Waals surface area contributed by atoms with E-state index >= 15 is 0 Å². The topological polar surface area (TPSA) is 122 Å². The van der Waals surface area contributed by atoms with Crippen LogP contribution in [0.5, 0.6) is 0 Å². The van der Waals surface area contributed by atoms with Crippen molar-refractivity contribution in [3.63, 3.8) is 0 Å². The highest BCUT2D eigenvalue weighted by Crippen LogP contribution is 2.36. The lowest BCUT2D eigenvalue weighted by Crippen LogP contribution is -2.32. The molecule has 0 aromatic carbocycles. The van der Waals surface area contributed by atoms with Crippen molar-refractivity contribution in [3.05, 3.63) is 38.7 Å². The van der Waals surface area contributed by atoms with Gasteiger partial charge in [-0.25, -0.2) is 9.78 Å². The predicted octanol–water partition coefficient (Wildman–Crippen LogP) is 1.19. The quantitative estimate of drug-likeness (QED) is 0.680. The van der Waals surface area contributed by atoms with Gasteiger partial charge in [0.2, 0.25) is 0 Å². The molecule has 0 spiro atoms. The van der Waals surface area contributed by atoms with Crippen LogP contribution in [-0.4, -0.2) is 32.6 Å². The molecule has 27 heavy (non-hydrogen) atoms. The number of hydrogen-bond donors (Lipinski definition) is 2. The summed E-state index contributed by atoms with van der Waals surface area (Å²) < 4.78 is 1.39. The smallest absolute Gasteiger partial charge is 0.329 e. The van der Waals surface area contributed by atoms with Crippen LogP contribution in [0.1, 0.15) is 43.0 Å². The van der Waals surface area contributed by atoms with Gasteiger partial charge in [0.15, 0.2) is 5.66 Å².